The van der Waals surface area contributed by atoms with Gasteiger partial charge in [0.25, 0.3) is 5.69 Å². The Bertz CT molecular complexity index is 528. The molecule has 1 aromatic heterocycles. The number of carbonyl (C=O) groups is 1. The van der Waals surface area contributed by atoms with Gasteiger partial charge in [0.2, 0.25) is 0 Å². The van der Waals surface area contributed by atoms with Crippen LogP contribution in [0.1, 0.15) is 24.8 Å². The number of nitro groups is 1. The zero-order chi connectivity index (χ0) is 14.0. The third-order valence-electron chi connectivity index (χ3n) is 3.23. The Labute approximate surface area is 114 Å². The molecule has 1 heterocycles. The van der Waals surface area contributed by atoms with E-state index in [1.165, 1.54) is 24.0 Å². The van der Waals surface area contributed by atoms with Crippen LogP contribution in [-0.4, -0.2) is 26.7 Å². The number of nitrogens with zero attached hydrogens (tertiary/aromatic N) is 2. The second kappa shape index (κ2) is 5.16. The molecule has 2 rings (SSSR count). The Kier molecular flexibility index (Phi) is 3.75. The van der Waals surface area contributed by atoms with Crippen LogP contribution in [0.15, 0.2) is 17.3 Å². The SMILES string of the molecule is Cc1cc([N+](=O)[O-])cnc1SCC1(CC(=O)O)CC1. The van der Waals surface area contributed by atoms with Gasteiger partial charge in [-0.15, -0.1) is 11.8 Å². The molecule has 1 aliphatic rings. The second-order valence-corrected chi connectivity index (χ2v) is 5.90. The van der Waals surface area contributed by atoms with Crippen molar-refractivity contribution in [3.63, 3.8) is 0 Å². The van der Waals surface area contributed by atoms with E-state index in [9.17, 15) is 14.9 Å². The number of aliphatic carboxylic acids is 1. The maximum atomic E-state index is 10.8. The Morgan fingerprint density at radius 1 is 1.63 bits per heavy atom. The molecule has 0 atom stereocenters. The van der Waals surface area contributed by atoms with Crippen LogP contribution in [0, 0.1) is 22.5 Å². The van der Waals surface area contributed by atoms with Crippen molar-refractivity contribution in [1.82, 2.24) is 4.98 Å². The van der Waals surface area contributed by atoms with E-state index in [2.05, 4.69) is 4.98 Å². The minimum absolute atomic E-state index is 0.0199. The predicted octanol–water partition coefficient (Wildman–Crippen LogP) is 2.65. The van der Waals surface area contributed by atoms with E-state index in [0.717, 1.165) is 23.4 Å². The molecule has 6 nitrogen and oxygen atoms in total. The molecule has 0 spiro atoms. The van der Waals surface area contributed by atoms with Gasteiger partial charge in [0.05, 0.1) is 16.4 Å². The van der Waals surface area contributed by atoms with E-state index >= 15 is 0 Å². The molecule has 102 valence electrons. The predicted molar refractivity (Wildman–Crippen MR) is 70.3 cm³/mol. The van der Waals surface area contributed by atoms with Crippen LogP contribution in [0.25, 0.3) is 0 Å². The summed E-state index contributed by atoms with van der Waals surface area (Å²) in [4.78, 5) is 25.0. The minimum Gasteiger partial charge on any atom is -0.481 e. The third kappa shape index (κ3) is 3.44. The highest BCUT2D eigenvalue weighted by atomic mass is 32.2. The molecular formula is C12H14N2O4S. The monoisotopic (exact) mass is 282 g/mol. The number of aromatic nitrogens is 1. The maximum absolute atomic E-state index is 10.8. The number of carboxylic acid groups (broad SMARTS) is 1. The number of rotatable bonds is 6. The fourth-order valence-electron chi connectivity index (χ4n) is 1.89. The standard InChI is InChI=1S/C12H14N2O4S/c1-8-4-9(14(17)18)6-13-11(8)19-7-12(2-3-12)5-10(15)16/h4,6H,2-3,5,7H2,1H3,(H,15,16). The molecule has 1 saturated carbocycles. The molecule has 0 unspecified atom stereocenters. The van der Waals surface area contributed by atoms with Crippen LogP contribution in [0.2, 0.25) is 0 Å². The lowest BCUT2D eigenvalue weighted by Gasteiger charge is -2.12. The first-order valence-electron chi connectivity index (χ1n) is 5.87. The summed E-state index contributed by atoms with van der Waals surface area (Å²) >= 11 is 1.48. The zero-order valence-corrected chi connectivity index (χ0v) is 11.3. The highest BCUT2D eigenvalue weighted by molar-refractivity contribution is 7.99. The smallest absolute Gasteiger partial charge is 0.303 e. The number of aryl methyl sites for hydroxylation is 1. The van der Waals surface area contributed by atoms with Gasteiger partial charge in [-0.05, 0) is 30.7 Å². The van der Waals surface area contributed by atoms with Gasteiger partial charge in [-0.25, -0.2) is 4.98 Å². The summed E-state index contributed by atoms with van der Waals surface area (Å²) in [6, 6.07) is 1.49. The maximum Gasteiger partial charge on any atom is 0.303 e. The zero-order valence-electron chi connectivity index (χ0n) is 10.5. The van der Waals surface area contributed by atoms with Gasteiger partial charge in [0.1, 0.15) is 6.20 Å². The van der Waals surface area contributed by atoms with Crippen LogP contribution in [0.3, 0.4) is 0 Å². The van der Waals surface area contributed by atoms with Crippen LogP contribution in [0.4, 0.5) is 5.69 Å². The second-order valence-electron chi connectivity index (χ2n) is 4.93. The van der Waals surface area contributed by atoms with Crippen LogP contribution >= 0.6 is 11.8 Å². The Hall–Kier alpha value is -1.63. The molecule has 1 aliphatic carbocycles. The summed E-state index contributed by atoms with van der Waals surface area (Å²) in [5, 5.41) is 20.2. The van der Waals surface area contributed by atoms with Crippen molar-refractivity contribution in [2.24, 2.45) is 5.41 Å². The molecule has 0 radical (unpaired) electrons. The van der Waals surface area contributed by atoms with E-state index in [1.54, 1.807) is 6.92 Å². The summed E-state index contributed by atoms with van der Waals surface area (Å²) in [6.45, 7) is 1.78. The number of carboxylic acids is 1. The van der Waals surface area contributed by atoms with Gasteiger partial charge < -0.3 is 5.11 Å². The van der Waals surface area contributed by atoms with Gasteiger partial charge >= 0.3 is 5.97 Å². The molecule has 19 heavy (non-hydrogen) atoms. The lowest BCUT2D eigenvalue weighted by Crippen LogP contribution is -2.11. The lowest BCUT2D eigenvalue weighted by atomic mass is 10.1. The molecule has 1 fully saturated rings. The first-order chi connectivity index (χ1) is 8.92. The number of hydrogen-bond acceptors (Lipinski definition) is 5. The molecule has 1 aromatic rings. The van der Waals surface area contributed by atoms with Gasteiger partial charge in [0, 0.05) is 11.8 Å². The van der Waals surface area contributed by atoms with Crippen molar-refractivity contribution >= 4 is 23.4 Å². The van der Waals surface area contributed by atoms with E-state index in [0.29, 0.717) is 5.75 Å². The number of hydrogen-bond donors (Lipinski definition) is 1. The van der Waals surface area contributed by atoms with Crippen molar-refractivity contribution in [1.29, 1.82) is 0 Å². The molecule has 0 amide bonds. The largest absolute Gasteiger partial charge is 0.481 e. The molecule has 0 aromatic carbocycles. The van der Waals surface area contributed by atoms with Crippen molar-refractivity contribution in [2.45, 2.75) is 31.2 Å². The summed E-state index contributed by atoms with van der Waals surface area (Å²) < 4.78 is 0. The minimum atomic E-state index is -0.772. The molecular weight excluding hydrogens is 268 g/mol. The molecule has 1 N–H and O–H groups in total. The van der Waals surface area contributed by atoms with Gasteiger partial charge in [-0.1, -0.05) is 0 Å². The Balaban J connectivity index is 2.00. The van der Waals surface area contributed by atoms with Gasteiger partial charge in [0.15, 0.2) is 0 Å². The molecule has 0 saturated heterocycles. The summed E-state index contributed by atoms with van der Waals surface area (Å²) in [7, 11) is 0. The lowest BCUT2D eigenvalue weighted by molar-refractivity contribution is -0.385. The fraction of sp³-hybridized carbons (Fsp3) is 0.500. The topological polar surface area (TPSA) is 93.3 Å². The summed E-state index contributed by atoms with van der Waals surface area (Å²) in [5.74, 6) is -0.0724. The molecule has 0 bridgehead atoms. The average molecular weight is 282 g/mol. The first-order valence-corrected chi connectivity index (χ1v) is 6.86. The Morgan fingerprint density at radius 2 is 2.32 bits per heavy atom. The fourth-order valence-corrected chi connectivity index (χ4v) is 3.14. The Morgan fingerprint density at radius 3 is 2.79 bits per heavy atom. The van der Waals surface area contributed by atoms with Gasteiger partial charge in [-0.3, -0.25) is 14.9 Å². The summed E-state index contributed by atoms with van der Waals surface area (Å²) in [6.07, 6.45) is 3.29. The number of pyridine rings is 1. The molecule has 0 aliphatic heterocycles. The van der Waals surface area contributed by atoms with Crippen molar-refractivity contribution in [3.8, 4) is 0 Å². The molecule has 7 heteroatoms. The van der Waals surface area contributed by atoms with Crippen LogP contribution in [0.5, 0.6) is 0 Å². The van der Waals surface area contributed by atoms with E-state index in [-0.39, 0.29) is 17.5 Å². The third-order valence-corrected chi connectivity index (χ3v) is 4.68. The average Bonchev–Trinajstić information content (AvgIpc) is 3.06. The highest BCUT2D eigenvalue weighted by Crippen LogP contribution is 2.52. The van der Waals surface area contributed by atoms with Crippen molar-refractivity contribution in [3.05, 3.63) is 27.9 Å². The quantitative estimate of drug-likeness (QED) is 0.489. The van der Waals surface area contributed by atoms with E-state index in [1.807, 2.05) is 0 Å². The van der Waals surface area contributed by atoms with E-state index in [4.69, 9.17) is 5.11 Å². The normalized spacial score (nSPS) is 16.1. The van der Waals surface area contributed by atoms with Crippen LogP contribution in [-0.2, 0) is 4.79 Å². The van der Waals surface area contributed by atoms with Gasteiger partial charge in [-0.2, -0.15) is 0 Å². The van der Waals surface area contributed by atoms with Crippen LogP contribution < -0.4 is 0 Å². The highest BCUT2D eigenvalue weighted by Gasteiger charge is 2.44. The van der Waals surface area contributed by atoms with Crippen molar-refractivity contribution in [2.75, 3.05) is 5.75 Å². The number of thioether (sulfide) groups is 1. The van der Waals surface area contributed by atoms with E-state index < -0.39 is 10.9 Å². The summed E-state index contributed by atoms with van der Waals surface area (Å²) in [5.41, 5.74) is 0.630. The van der Waals surface area contributed by atoms with Crippen molar-refractivity contribution < 1.29 is 14.8 Å². The first kappa shape index (κ1) is 13.8.